The number of carbonyl (C=O) groups is 1. The molecule has 2 N–H and O–H groups in total. The zero-order valence-electron chi connectivity index (χ0n) is 8.16. The molecule has 0 aliphatic heterocycles. The Morgan fingerprint density at radius 1 is 1.57 bits per heavy atom. The SMILES string of the molecule is CC(C)c1[nH]oc(=O)c1CCC(=O)O. The van der Waals surface area contributed by atoms with E-state index in [4.69, 9.17) is 5.11 Å². The summed E-state index contributed by atoms with van der Waals surface area (Å²) in [6.07, 6.45) is 0.164. The third-order valence-corrected chi connectivity index (χ3v) is 1.99. The molecule has 0 aliphatic rings. The Labute approximate surface area is 80.7 Å². The van der Waals surface area contributed by atoms with Crippen molar-refractivity contribution in [1.82, 2.24) is 5.16 Å². The normalized spacial score (nSPS) is 10.8. The molecule has 0 unspecified atom stereocenters. The van der Waals surface area contributed by atoms with Gasteiger partial charge in [0.15, 0.2) is 0 Å². The van der Waals surface area contributed by atoms with Gasteiger partial charge in [-0.15, -0.1) is 0 Å². The molecule has 0 spiro atoms. The highest BCUT2D eigenvalue weighted by Crippen LogP contribution is 2.15. The van der Waals surface area contributed by atoms with E-state index in [1.807, 2.05) is 13.8 Å². The predicted octanol–water partition coefficient (Wildman–Crippen LogP) is 1.11. The fourth-order valence-electron chi connectivity index (χ4n) is 1.27. The summed E-state index contributed by atoms with van der Waals surface area (Å²) in [5.74, 6) is -0.787. The van der Waals surface area contributed by atoms with Crippen molar-refractivity contribution in [2.24, 2.45) is 0 Å². The summed E-state index contributed by atoms with van der Waals surface area (Å²) < 4.78 is 4.62. The van der Waals surface area contributed by atoms with Crippen molar-refractivity contribution in [2.45, 2.75) is 32.6 Å². The Kier molecular flexibility index (Phi) is 3.11. The van der Waals surface area contributed by atoms with Crippen LogP contribution in [0.25, 0.3) is 0 Å². The van der Waals surface area contributed by atoms with Crippen LogP contribution in [0, 0.1) is 0 Å². The molecule has 0 atom stereocenters. The van der Waals surface area contributed by atoms with Gasteiger partial charge in [0.2, 0.25) is 0 Å². The van der Waals surface area contributed by atoms with Crippen molar-refractivity contribution in [2.75, 3.05) is 0 Å². The number of nitrogens with one attached hydrogen (secondary N) is 1. The second-order valence-corrected chi connectivity index (χ2v) is 3.43. The van der Waals surface area contributed by atoms with Crippen LogP contribution in [0.4, 0.5) is 0 Å². The first-order valence-corrected chi connectivity index (χ1v) is 4.44. The van der Waals surface area contributed by atoms with Crippen molar-refractivity contribution < 1.29 is 14.4 Å². The number of rotatable bonds is 4. The smallest absolute Gasteiger partial charge is 0.360 e. The van der Waals surface area contributed by atoms with E-state index in [1.54, 1.807) is 0 Å². The van der Waals surface area contributed by atoms with Gasteiger partial charge >= 0.3 is 11.6 Å². The summed E-state index contributed by atoms with van der Waals surface area (Å²) in [4.78, 5) is 21.5. The monoisotopic (exact) mass is 199 g/mol. The molecule has 0 aromatic carbocycles. The lowest BCUT2D eigenvalue weighted by atomic mass is 10.0. The van der Waals surface area contributed by atoms with Crippen molar-refractivity contribution in [3.05, 3.63) is 21.7 Å². The Bertz CT molecular complexity index is 374. The maximum absolute atomic E-state index is 11.2. The maximum Gasteiger partial charge on any atom is 0.360 e. The standard InChI is InChI=1S/C9H13NO4/c1-5(2)8-6(3-4-7(11)12)9(13)14-10-8/h5,10H,3-4H2,1-2H3,(H,11,12). The van der Waals surface area contributed by atoms with E-state index in [9.17, 15) is 9.59 Å². The fourth-order valence-corrected chi connectivity index (χ4v) is 1.27. The number of hydrogen-bond acceptors (Lipinski definition) is 3. The molecular weight excluding hydrogens is 186 g/mol. The summed E-state index contributed by atoms with van der Waals surface area (Å²) in [6, 6.07) is 0. The number of aromatic amines is 1. The molecule has 0 amide bonds. The molecular formula is C9H13NO4. The first kappa shape index (κ1) is 10.6. The van der Waals surface area contributed by atoms with Crippen LogP contribution in [-0.2, 0) is 11.2 Å². The molecule has 1 heterocycles. The Hall–Kier alpha value is -1.52. The van der Waals surface area contributed by atoms with E-state index < -0.39 is 11.6 Å². The lowest BCUT2D eigenvalue weighted by Gasteiger charge is -2.02. The van der Waals surface area contributed by atoms with E-state index in [2.05, 4.69) is 9.68 Å². The fraction of sp³-hybridized carbons (Fsp3) is 0.556. The average Bonchev–Trinajstić information content (AvgIpc) is 2.43. The molecule has 0 saturated heterocycles. The molecule has 0 aliphatic carbocycles. The molecule has 0 radical (unpaired) electrons. The minimum absolute atomic E-state index is 0.0532. The zero-order valence-corrected chi connectivity index (χ0v) is 8.16. The minimum Gasteiger partial charge on any atom is -0.481 e. The van der Waals surface area contributed by atoms with E-state index in [0.29, 0.717) is 11.3 Å². The molecule has 0 fully saturated rings. The first-order chi connectivity index (χ1) is 6.52. The van der Waals surface area contributed by atoms with E-state index in [0.717, 1.165) is 0 Å². The highest BCUT2D eigenvalue weighted by atomic mass is 16.5. The van der Waals surface area contributed by atoms with Gasteiger partial charge < -0.3 is 9.63 Å². The van der Waals surface area contributed by atoms with Gasteiger partial charge in [-0.2, -0.15) is 0 Å². The summed E-state index contributed by atoms with van der Waals surface area (Å²) in [7, 11) is 0. The highest BCUT2D eigenvalue weighted by Gasteiger charge is 2.15. The second-order valence-electron chi connectivity index (χ2n) is 3.43. The van der Waals surface area contributed by atoms with Gasteiger partial charge in [-0.25, -0.2) is 9.95 Å². The predicted molar refractivity (Wildman–Crippen MR) is 49.4 cm³/mol. The zero-order chi connectivity index (χ0) is 10.7. The lowest BCUT2D eigenvalue weighted by molar-refractivity contribution is -0.136. The lowest BCUT2D eigenvalue weighted by Crippen LogP contribution is -2.08. The van der Waals surface area contributed by atoms with Gasteiger partial charge in [0.25, 0.3) is 0 Å². The van der Waals surface area contributed by atoms with Gasteiger partial charge in [0.05, 0.1) is 11.3 Å². The van der Waals surface area contributed by atoms with E-state index in [1.165, 1.54) is 0 Å². The largest absolute Gasteiger partial charge is 0.481 e. The summed E-state index contributed by atoms with van der Waals surface area (Å²) >= 11 is 0. The number of aliphatic carboxylic acids is 1. The van der Waals surface area contributed by atoms with Crippen molar-refractivity contribution in [1.29, 1.82) is 0 Å². The number of aromatic nitrogens is 1. The second kappa shape index (κ2) is 4.13. The third kappa shape index (κ3) is 2.25. The molecule has 1 aromatic rings. The maximum atomic E-state index is 11.2. The van der Waals surface area contributed by atoms with Crippen molar-refractivity contribution in [3.8, 4) is 0 Å². The Balaban J connectivity index is 2.88. The molecule has 5 nitrogen and oxygen atoms in total. The van der Waals surface area contributed by atoms with Gasteiger partial charge in [0, 0.05) is 6.42 Å². The molecule has 5 heteroatoms. The Morgan fingerprint density at radius 3 is 2.71 bits per heavy atom. The van der Waals surface area contributed by atoms with Crippen LogP contribution in [0.2, 0.25) is 0 Å². The van der Waals surface area contributed by atoms with Crippen molar-refractivity contribution in [3.63, 3.8) is 0 Å². The van der Waals surface area contributed by atoms with Gasteiger partial charge in [-0.1, -0.05) is 13.8 Å². The van der Waals surface area contributed by atoms with Crippen LogP contribution in [0.15, 0.2) is 9.32 Å². The summed E-state index contributed by atoms with van der Waals surface area (Å²) in [6.45, 7) is 3.82. The van der Waals surface area contributed by atoms with Crippen LogP contribution in [0.5, 0.6) is 0 Å². The van der Waals surface area contributed by atoms with Gasteiger partial charge in [0.1, 0.15) is 0 Å². The molecule has 0 saturated carbocycles. The third-order valence-electron chi connectivity index (χ3n) is 1.99. The van der Waals surface area contributed by atoms with Crippen LogP contribution in [0.1, 0.15) is 37.4 Å². The number of carboxylic acids is 1. The number of hydrogen-bond donors (Lipinski definition) is 2. The summed E-state index contributed by atoms with van der Waals surface area (Å²) in [5, 5.41) is 11.0. The van der Waals surface area contributed by atoms with Gasteiger partial charge in [-0.3, -0.25) is 4.79 Å². The molecule has 14 heavy (non-hydrogen) atoms. The number of H-pyrrole nitrogens is 1. The molecule has 1 aromatic heterocycles. The minimum atomic E-state index is -0.916. The van der Waals surface area contributed by atoms with Crippen molar-refractivity contribution >= 4 is 5.97 Å². The average molecular weight is 199 g/mol. The topological polar surface area (TPSA) is 83.3 Å². The van der Waals surface area contributed by atoms with Crippen LogP contribution < -0.4 is 5.63 Å². The first-order valence-electron chi connectivity index (χ1n) is 4.44. The molecule has 78 valence electrons. The van der Waals surface area contributed by atoms with E-state index >= 15 is 0 Å². The Morgan fingerprint density at radius 2 is 2.21 bits per heavy atom. The quantitative estimate of drug-likeness (QED) is 0.760. The number of carboxylic acid groups (broad SMARTS) is 1. The van der Waals surface area contributed by atoms with Crippen LogP contribution in [0.3, 0.4) is 0 Å². The van der Waals surface area contributed by atoms with Crippen LogP contribution in [-0.4, -0.2) is 16.2 Å². The highest BCUT2D eigenvalue weighted by molar-refractivity contribution is 5.67. The molecule has 0 bridgehead atoms. The molecule has 1 rings (SSSR count). The van der Waals surface area contributed by atoms with Crippen LogP contribution >= 0.6 is 0 Å². The van der Waals surface area contributed by atoms with E-state index in [-0.39, 0.29) is 18.8 Å². The summed E-state index contributed by atoms with van der Waals surface area (Å²) in [5.41, 5.74) is 0.675. The van der Waals surface area contributed by atoms with Gasteiger partial charge in [-0.05, 0) is 12.3 Å².